The molecular weight excluding hydrogens is 316 g/mol. The molecule has 6 heteroatoms. The predicted molar refractivity (Wildman–Crippen MR) is 101 cm³/mol. The van der Waals surface area contributed by atoms with Crippen LogP contribution in [0.3, 0.4) is 0 Å². The monoisotopic (exact) mass is 344 g/mol. The summed E-state index contributed by atoms with van der Waals surface area (Å²) in [6, 6.07) is 8.52. The summed E-state index contributed by atoms with van der Waals surface area (Å²) in [6.45, 7) is 9.71. The van der Waals surface area contributed by atoms with Gasteiger partial charge in [0.15, 0.2) is 0 Å². The highest BCUT2D eigenvalue weighted by molar-refractivity contribution is 5.65. The van der Waals surface area contributed by atoms with Crippen molar-refractivity contribution in [3.8, 4) is 5.75 Å². The van der Waals surface area contributed by atoms with E-state index in [1.165, 1.54) is 5.69 Å². The lowest BCUT2D eigenvalue weighted by atomic mass is 10.1. The summed E-state index contributed by atoms with van der Waals surface area (Å²) in [4.78, 5) is 2.35. The zero-order valence-corrected chi connectivity index (χ0v) is 15.5. The summed E-state index contributed by atoms with van der Waals surface area (Å²) in [7, 11) is 1.71. The fourth-order valence-electron chi connectivity index (χ4n) is 3.23. The van der Waals surface area contributed by atoms with Gasteiger partial charge in [0.1, 0.15) is 5.75 Å². The lowest BCUT2D eigenvalue weighted by Crippen LogP contribution is -2.48. The van der Waals surface area contributed by atoms with Crippen LogP contribution >= 0.6 is 0 Å². The molecule has 1 saturated heterocycles. The van der Waals surface area contributed by atoms with Crippen LogP contribution in [-0.4, -0.2) is 48.2 Å². The summed E-state index contributed by atoms with van der Waals surface area (Å²) in [5.74, 6) is 0.856. The van der Waals surface area contributed by atoms with Crippen LogP contribution in [0.15, 0.2) is 36.7 Å². The highest BCUT2D eigenvalue weighted by atomic mass is 16.5. The van der Waals surface area contributed by atoms with Crippen LogP contribution in [0.4, 0.5) is 11.4 Å². The molecule has 2 heterocycles. The largest absolute Gasteiger partial charge is 0.495 e. The lowest BCUT2D eigenvalue weighted by molar-refractivity contribution is -0.0277. The molecule has 1 N–H and O–H groups in total. The van der Waals surface area contributed by atoms with Gasteiger partial charge in [-0.05, 0) is 39.0 Å². The molecule has 0 saturated carbocycles. The quantitative estimate of drug-likeness (QED) is 0.873. The molecule has 1 atom stereocenters. The van der Waals surface area contributed by atoms with Crippen molar-refractivity contribution < 1.29 is 9.47 Å². The van der Waals surface area contributed by atoms with Gasteiger partial charge in [-0.1, -0.05) is 0 Å². The average Bonchev–Trinajstić information content (AvgIpc) is 3.07. The normalized spacial score (nSPS) is 18.0. The molecule has 0 radical (unpaired) electrons. The SMILES string of the molecule is COc1cc(N2CCOC(C)(C)C2)ccc1N[C@@H](C)Cn1cccn1. The molecule has 25 heavy (non-hydrogen) atoms. The van der Waals surface area contributed by atoms with Crippen LogP contribution in [0.1, 0.15) is 20.8 Å². The molecule has 0 aliphatic carbocycles. The zero-order valence-electron chi connectivity index (χ0n) is 15.5. The first-order valence-electron chi connectivity index (χ1n) is 8.78. The van der Waals surface area contributed by atoms with Gasteiger partial charge in [-0.2, -0.15) is 5.10 Å². The maximum absolute atomic E-state index is 5.81. The second-order valence-electron chi connectivity index (χ2n) is 7.19. The fourth-order valence-corrected chi connectivity index (χ4v) is 3.23. The Hall–Kier alpha value is -2.21. The van der Waals surface area contributed by atoms with E-state index >= 15 is 0 Å². The number of hydrogen-bond acceptors (Lipinski definition) is 5. The third-order valence-electron chi connectivity index (χ3n) is 4.40. The minimum absolute atomic E-state index is 0.124. The van der Waals surface area contributed by atoms with Gasteiger partial charge in [-0.15, -0.1) is 0 Å². The number of benzene rings is 1. The molecule has 0 unspecified atom stereocenters. The van der Waals surface area contributed by atoms with Gasteiger partial charge in [0, 0.05) is 43.3 Å². The van der Waals surface area contributed by atoms with Gasteiger partial charge in [-0.3, -0.25) is 4.68 Å². The van der Waals surface area contributed by atoms with E-state index in [4.69, 9.17) is 9.47 Å². The van der Waals surface area contributed by atoms with Gasteiger partial charge in [-0.25, -0.2) is 0 Å². The van der Waals surface area contributed by atoms with Crippen LogP contribution in [0.5, 0.6) is 5.75 Å². The molecule has 3 rings (SSSR count). The van der Waals surface area contributed by atoms with Crippen LogP contribution in [0.2, 0.25) is 0 Å². The molecule has 1 aromatic carbocycles. The second-order valence-corrected chi connectivity index (χ2v) is 7.19. The number of rotatable bonds is 6. The van der Waals surface area contributed by atoms with Gasteiger partial charge in [0.25, 0.3) is 0 Å². The number of aromatic nitrogens is 2. The van der Waals surface area contributed by atoms with Gasteiger partial charge >= 0.3 is 0 Å². The summed E-state index contributed by atoms with van der Waals surface area (Å²) < 4.78 is 13.4. The van der Waals surface area contributed by atoms with Gasteiger partial charge in [0.2, 0.25) is 0 Å². The molecule has 1 aromatic heterocycles. The Bertz CT molecular complexity index is 685. The molecule has 2 aromatic rings. The second kappa shape index (κ2) is 7.35. The first-order valence-corrected chi connectivity index (χ1v) is 8.78. The maximum atomic E-state index is 5.81. The summed E-state index contributed by atoms with van der Waals surface area (Å²) >= 11 is 0. The van der Waals surface area contributed by atoms with Crippen LogP contribution in [0, 0.1) is 0 Å². The highest BCUT2D eigenvalue weighted by Gasteiger charge is 2.27. The highest BCUT2D eigenvalue weighted by Crippen LogP contribution is 2.32. The number of hydrogen-bond donors (Lipinski definition) is 1. The van der Waals surface area contributed by atoms with Crippen molar-refractivity contribution in [3.63, 3.8) is 0 Å². The molecule has 1 fully saturated rings. The topological polar surface area (TPSA) is 51.6 Å². The predicted octanol–water partition coefficient (Wildman–Crippen LogP) is 3.01. The first kappa shape index (κ1) is 17.6. The van der Waals surface area contributed by atoms with Gasteiger partial charge < -0.3 is 19.7 Å². The third kappa shape index (κ3) is 4.45. The lowest BCUT2D eigenvalue weighted by Gasteiger charge is -2.39. The number of morpholine rings is 1. The van der Waals surface area contributed by atoms with E-state index in [0.717, 1.165) is 37.7 Å². The third-order valence-corrected chi connectivity index (χ3v) is 4.40. The standard InChI is InChI=1S/C19H28N4O2/c1-15(13-23-9-5-8-20-23)21-17-7-6-16(12-18(17)24-4)22-10-11-25-19(2,3)14-22/h5-9,12,15,21H,10-11,13-14H2,1-4H3/t15-/m0/s1. The van der Waals surface area contributed by atoms with Crippen LogP contribution < -0.4 is 15.0 Å². The zero-order chi connectivity index (χ0) is 17.9. The van der Waals surface area contributed by atoms with E-state index in [2.05, 4.69) is 54.3 Å². The fraction of sp³-hybridized carbons (Fsp3) is 0.526. The maximum Gasteiger partial charge on any atom is 0.144 e. The average molecular weight is 344 g/mol. The van der Waals surface area contributed by atoms with Crippen molar-refractivity contribution in [2.24, 2.45) is 0 Å². The van der Waals surface area contributed by atoms with Crippen molar-refractivity contribution in [2.75, 3.05) is 37.0 Å². The van der Waals surface area contributed by atoms with E-state index in [1.807, 2.05) is 16.9 Å². The minimum Gasteiger partial charge on any atom is -0.495 e. The van der Waals surface area contributed by atoms with Crippen LogP contribution in [0.25, 0.3) is 0 Å². The van der Waals surface area contributed by atoms with Crippen molar-refractivity contribution in [3.05, 3.63) is 36.7 Å². The van der Waals surface area contributed by atoms with E-state index in [1.54, 1.807) is 13.3 Å². The molecule has 136 valence electrons. The molecular formula is C19H28N4O2. The van der Waals surface area contributed by atoms with E-state index in [0.29, 0.717) is 0 Å². The summed E-state index contributed by atoms with van der Waals surface area (Å²) in [5, 5.41) is 7.77. The molecule has 6 nitrogen and oxygen atoms in total. The Morgan fingerprint density at radius 1 is 1.40 bits per heavy atom. The number of anilines is 2. The Balaban J connectivity index is 1.71. The molecule has 1 aliphatic heterocycles. The summed E-state index contributed by atoms with van der Waals surface area (Å²) in [5.41, 5.74) is 2.04. The molecule has 0 bridgehead atoms. The van der Waals surface area contributed by atoms with Crippen molar-refractivity contribution >= 4 is 11.4 Å². The smallest absolute Gasteiger partial charge is 0.144 e. The molecule has 1 aliphatic rings. The number of ether oxygens (including phenoxy) is 2. The number of nitrogens with one attached hydrogen (secondary N) is 1. The summed E-state index contributed by atoms with van der Waals surface area (Å²) in [6.07, 6.45) is 3.77. The molecule has 0 amide bonds. The van der Waals surface area contributed by atoms with Crippen molar-refractivity contribution in [2.45, 2.75) is 39.0 Å². The van der Waals surface area contributed by atoms with E-state index < -0.39 is 0 Å². The van der Waals surface area contributed by atoms with E-state index in [-0.39, 0.29) is 11.6 Å². The Labute approximate surface area is 149 Å². The Kier molecular flexibility index (Phi) is 5.18. The minimum atomic E-state index is -0.124. The molecule has 0 spiro atoms. The Morgan fingerprint density at radius 2 is 2.24 bits per heavy atom. The number of methoxy groups -OCH3 is 1. The van der Waals surface area contributed by atoms with E-state index in [9.17, 15) is 0 Å². The van der Waals surface area contributed by atoms with Crippen molar-refractivity contribution in [1.29, 1.82) is 0 Å². The Morgan fingerprint density at radius 3 is 2.92 bits per heavy atom. The number of nitrogens with zero attached hydrogens (tertiary/aromatic N) is 3. The van der Waals surface area contributed by atoms with Crippen molar-refractivity contribution in [1.82, 2.24) is 9.78 Å². The van der Waals surface area contributed by atoms with Crippen LogP contribution in [-0.2, 0) is 11.3 Å². The van der Waals surface area contributed by atoms with Gasteiger partial charge in [0.05, 0.1) is 31.5 Å². The first-order chi connectivity index (χ1) is 12.0.